The average Bonchev–Trinajstić information content (AvgIpc) is 3.18. The highest BCUT2D eigenvalue weighted by Crippen LogP contribution is 2.39. The number of hydrogen-bond acceptors (Lipinski definition) is 5. The van der Waals surface area contributed by atoms with Gasteiger partial charge in [-0.05, 0) is 42.4 Å². The number of hydrogen-bond donors (Lipinski definition) is 1. The van der Waals surface area contributed by atoms with Gasteiger partial charge >= 0.3 is 5.97 Å². The number of fused-ring (bicyclic) bond motifs is 1. The van der Waals surface area contributed by atoms with Crippen LogP contribution in [0.4, 0.5) is 8.78 Å². The zero-order valence-electron chi connectivity index (χ0n) is 14.7. The van der Waals surface area contributed by atoms with E-state index in [4.69, 9.17) is 16.3 Å². The number of ether oxygens (including phenoxy) is 1. The zero-order chi connectivity index (χ0) is 20.6. The van der Waals surface area contributed by atoms with Crippen LogP contribution in [0.15, 0.2) is 27.8 Å². The Morgan fingerprint density at radius 3 is 2.71 bits per heavy atom. The quantitative estimate of drug-likeness (QED) is 0.521. The summed E-state index contributed by atoms with van der Waals surface area (Å²) in [6.45, 7) is 1.63. The first-order valence-electron chi connectivity index (χ1n) is 7.90. The molecule has 0 atom stereocenters. The molecule has 0 saturated heterocycles. The zero-order valence-corrected chi connectivity index (χ0v) is 17.1. The van der Waals surface area contributed by atoms with Gasteiger partial charge in [0.25, 0.3) is 11.7 Å². The van der Waals surface area contributed by atoms with Crippen LogP contribution in [0.5, 0.6) is 5.75 Å². The molecule has 2 heterocycles. The molecule has 0 aliphatic heterocycles. The molecule has 0 bridgehead atoms. The fraction of sp³-hybridized carbons (Fsp3) is 0.222. The van der Waals surface area contributed by atoms with E-state index >= 15 is 0 Å². The fourth-order valence-corrected chi connectivity index (χ4v) is 4.92. The van der Waals surface area contributed by atoms with Crippen molar-refractivity contribution in [3.05, 3.63) is 45.4 Å². The highest BCUT2D eigenvalue weighted by Gasteiger charge is 2.25. The fourth-order valence-electron chi connectivity index (χ4n) is 3.01. The minimum Gasteiger partial charge on any atom is -0.495 e. The molecule has 28 heavy (non-hydrogen) atoms. The molecule has 0 unspecified atom stereocenters. The molecule has 3 aromatic rings. The maximum atomic E-state index is 13.1. The third-order valence-electron chi connectivity index (χ3n) is 4.18. The van der Waals surface area contributed by atoms with Crippen molar-refractivity contribution < 1.29 is 28.2 Å². The molecule has 1 N–H and O–H groups in total. The molecule has 1 aromatic carbocycles. The van der Waals surface area contributed by atoms with E-state index < -0.39 is 17.6 Å². The summed E-state index contributed by atoms with van der Waals surface area (Å²) in [5.41, 5.74) is 1.49. The smallest absolute Gasteiger partial charge is 0.307 e. The van der Waals surface area contributed by atoms with Gasteiger partial charge in [-0.25, -0.2) is 0 Å². The molecule has 0 radical (unpaired) electrons. The summed E-state index contributed by atoms with van der Waals surface area (Å²) in [5, 5.41) is 11.4. The second-order valence-corrected chi connectivity index (χ2v) is 8.36. The SMILES string of the molecule is COc1ccc2c(c1Cl)c(CC(=O)O)c(C)n2C(=O)c1csc(SC(F)F)c1. The number of benzene rings is 1. The van der Waals surface area contributed by atoms with Crippen molar-refractivity contribution in [1.82, 2.24) is 4.57 Å². The summed E-state index contributed by atoms with van der Waals surface area (Å²) >= 11 is 7.82. The molecule has 5 nitrogen and oxygen atoms in total. The lowest BCUT2D eigenvalue weighted by molar-refractivity contribution is -0.136. The van der Waals surface area contributed by atoms with Gasteiger partial charge in [-0.15, -0.1) is 11.3 Å². The van der Waals surface area contributed by atoms with Crippen molar-refractivity contribution in [2.75, 3.05) is 7.11 Å². The van der Waals surface area contributed by atoms with Gasteiger partial charge in [0.15, 0.2) is 0 Å². The summed E-state index contributed by atoms with van der Waals surface area (Å²) in [4.78, 5) is 24.4. The van der Waals surface area contributed by atoms with Gasteiger partial charge in [-0.1, -0.05) is 11.6 Å². The number of alkyl halides is 2. The van der Waals surface area contributed by atoms with Crippen molar-refractivity contribution in [3.8, 4) is 5.75 Å². The lowest BCUT2D eigenvalue weighted by Crippen LogP contribution is -2.13. The molecule has 2 aromatic heterocycles. The number of nitrogens with zero attached hydrogens (tertiary/aromatic N) is 1. The van der Waals surface area contributed by atoms with Crippen molar-refractivity contribution >= 4 is 57.5 Å². The van der Waals surface area contributed by atoms with E-state index in [9.17, 15) is 23.5 Å². The number of aliphatic carboxylic acids is 1. The Labute approximate surface area is 171 Å². The van der Waals surface area contributed by atoms with E-state index in [0.29, 0.717) is 43.9 Å². The number of halogens is 3. The topological polar surface area (TPSA) is 68.5 Å². The number of carbonyl (C=O) groups is 2. The van der Waals surface area contributed by atoms with Gasteiger partial charge in [-0.3, -0.25) is 14.2 Å². The van der Waals surface area contributed by atoms with Crippen LogP contribution in [0.2, 0.25) is 5.02 Å². The maximum absolute atomic E-state index is 13.1. The van der Waals surface area contributed by atoms with Crippen LogP contribution in [-0.2, 0) is 11.2 Å². The number of aromatic nitrogens is 1. The second-order valence-electron chi connectivity index (χ2n) is 5.78. The molecular weight excluding hydrogens is 432 g/mol. The van der Waals surface area contributed by atoms with Gasteiger partial charge in [-0.2, -0.15) is 8.78 Å². The highest BCUT2D eigenvalue weighted by atomic mass is 35.5. The normalized spacial score (nSPS) is 11.4. The molecular formula is C18H14ClF2NO4S2. The van der Waals surface area contributed by atoms with Crippen molar-refractivity contribution in [1.29, 1.82) is 0 Å². The Hall–Kier alpha value is -2.10. The summed E-state index contributed by atoms with van der Waals surface area (Å²) in [5.74, 6) is -3.74. The van der Waals surface area contributed by atoms with Gasteiger partial charge < -0.3 is 9.84 Å². The van der Waals surface area contributed by atoms with Gasteiger partial charge in [0, 0.05) is 16.5 Å². The third-order valence-corrected chi connectivity index (χ3v) is 6.38. The number of methoxy groups -OCH3 is 1. The summed E-state index contributed by atoms with van der Waals surface area (Å²) in [7, 11) is 1.44. The van der Waals surface area contributed by atoms with Crippen molar-refractivity contribution in [2.24, 2.45) is 0 Å². The summed E-state index contributed by atoms with van der Waals surface area (Å²) in [6, 6.07) is 4.61. The number of carboxylic acid groups (broad SMARTS) is 1. The van der Waals surface area contributed by atoms with Crippen molar-refractivity contribution in [2.45, 2.75) is 23.3 Å². The minimum absolute atomic E-state index is 0.213. The average molecular weight is 446 g/mol. The molecule has 148 valence electrons. The van der Waals surface area contributed by atoms with Gasteiger partial charge in [0.1, 0.15) is 5.75 Å². The third kappa shape index (κ3) is 3.74. The lowest BCUT2D eigenvalue weighted by atomic mass is 10.1. The standard InChI is InChI=1S/C18H14ClF2NO4S2/c1-8-10(6-13(23)24)15-11(3-4-12(26-2)16(15)19)22(8)17(25)9-5-14(27-7-9)28-18(20)21/h3-5,7,18H,6H2,1-2H3,(H,23,24). The van der Waals surface area contributed by atoms with Crippen LogP contribution in [0.1, 0.15) is 21.6 Å². The Kier molecular flexibility index (Phi) is 5.97. The highest BCUT2D eigenvalue weighted by molar-refractivity contribution is 8.01. The van der Waals surface area contributed by atoms with Crippen LogP contribution in [0.3, 0.4) is 0 Å². The summed E-state index contributed by atoms with van der Waals surface area (Å²) < 4.78 is 32.0. The minimum atomic E-state index is -2.58. The number of rotatable bonds is 6. The van der Waals surface area contributed by atoms with Crippen LogP contribution < -0.4 is 4.74 Å². The first-order valence-corrected chi connectivity index (χ1v) is 10.0. The number of carbonyl (C=O) groups excluding carboxylic acids is 1. The maximum Gasteiger partial charge on any atom is 0.307 e. The van der Waals surface area contributed by atoms with E-state index in [1.54, 1.807) is 19.1 Å². The van der Waals surface area contributed by atoms with Crippen LogP contribution in [0.25, 0.3) is 10.9 Å². The molecule has 0 spiro atoms. The van der Waals surface area contributed by atoms with Crippen molar-refractivity contribution in [3.63, 3.8) is 0 Å². The largest absolute Gasteiger partial charge is 0.495 e. The van der Waals surface area contributed by atoms with Gasteiger partial charge in [0.05, 0.1) is 33.8 Å². The number of carboxylic acids is 1. The Morgan fingerprint density at radius 2 is 2.11 bits per heavy atom. The molecule has 3 rings (SSSR count). The molecule has 0 saturated carbocycles. The van der Waals surface area contributed by atoms with E-state index in [1.165, 1.54) is 23.1 Å². The van der Waals surface area contributed by atoms with Gasteiger partial charge in [0.2, 0.25) is 0 Å². The molecule has 0 aliphatic rings. The Balaban J connectivity index is 2.19. The first kappa shape index (κ1) is 20.6. The molecule has 0 aliphatic carbocycles. The second kappa shape index (κ2) is 8.10. The number of thioether (sulfide) groups is 1. The molecule has 0 amide bonds. The van der Waals surface area contributed by atoms with E-state index in [2.05, 4.69) is 0 Å². The molecule has 0 fully saturated rings. The van der Waals surface area contributed by atoms with E-state index in [0.717, 1.165) is 11.3 Å². The molecule has 10 heteroatoms. The van der Waals surface area contributed by atoms with Crippen LogP contribution >= 0.6 is 34.7 Å². The van der Waals surface area contributed by atoms with Crippen LogP contribution in [-0.4, -0.2) is 34.4 Å². The van der Waals surface area contributed by atoms with Crippen LogP contribution in [0, 0.1) is 6.92 Å². The lowest BCUT2D eigenvalue weighted by Gasteiger charge is -2.07. The summed E-state index contributed by atoms with van der Waals surface area (Å²) in [6.07, 6.45) is -0.328. The van der Waals surface area contributed by atoms with E-state index in [-0.39, 0.29) is 17.0 Å². The predicted octanol–water partition coefficient (Wildman–Crippen LogP) is 5.30. The monoisotopic (exact) mass is 445 g/mol. The Morgan fingerprint density at radius 1 is 1.39 bits per heavy atom. The van der Waals surface area contributed by atoms with E-state index in [1.807, 2.05) is 0 Å². The predicted molar refractivity (Wildman–Crippen MR) is 105 cm³/mol. The first-order chi connectivity index (χ1) is 13.2. The number of thiophene rings is 1. The Bertz CT molecular complexity index is 1080.